The van der Waals surface area contributed by atoms with Crippen LogP contribution in [0.3, 0.4) is 0 Å². The molecule has 0 bridgehead atoms. The van der Waals surface area contributed by atoms with Crippen molar-refractivity contribution in [2.45, 2.75) is 32.1 Å². The topological polar surface area (TPSA) is 101 Å². The number of carbonyl (C=O) groups is 2. The van der Waals surface area contributed by atoms with E-state index in [2.05, 4.69) is 20.4 Å². The lowest BCUT2D eigenvalue weighted by Crippen LogP contribution is -2.38. The van der Waals surface area contributed by atoms with Gasteiger partial charge in [0.1, 0.15) is 0 Å². The van der Waals surface area contributed by atoms with E-state index in [1.165, 1.54) is 11.3 Å². The summed E-state index contributed by atoms with van der Waals surface area (Å²) < 4.78 is 5.25. The van der Waals surface area contributed by atoms with Crippen LogP contribution >= 0.6 is 11.3 Å². The third-order valence-electron chi connectivity index (χ3n) is 4.88. The third-order valence-corrected chi connectivity index (χ3v) is 5.69. The second-order valence-corrected chi connectivity index (χ2v) is 7.83. The number of likely N-dealkylation sites (tertiary alicyclic amines) is 1. The number of carbonyl (C=O) groups excluding carboxylic acids is 2. The Morgan fingerprint density at radius 1 is 1.21 bits per heavy atom. The summed E-state index contributed by atoms with van der Waals surface area (Å²) in [6, 6.07) is 8.96. The average molecular weight is 411 g/mol. The Hall–Kier alpha value is -3.07. The van der Waals surface area contributed by atoms with E-state index in [4.69, 9.17) is 4.52 Å². The van der Waals surface area contributed by atoms with Gasteiger partial charge in [0.2, 0.25) is 11.8 Å². The minimum atomic E-state index is -0.212. The van der Waals surface area contributed by atoms with Crippen molar-refractivity contribution in [2.24, 2.45) is 0 Å². The van der Waals surface area contributed by atoms with Crippen LogP contribution < -0.4 is 5.32 Å². The van der Waals surface area contributed by atoms with Crippen LogP contribution in [0.5, 0.6) is 0 Å². The Kier molecular flexibility index (Phi) is 5.66. The molecule has 1 fully saturated rings. The lowest BCUT2D eigenvalue weighted by atomic mass is 9.96. The standard InChI is InChI=1S/C20H21N5O3S/c1-13-21-19(28-24-13)15-7-9-25(10-8-15)17(26)11-16-12-29-20(22-16)23-18(27)14-5-3-2-4-6-14/h2-6,12,15H,7-11H2,1H3,(H,22,23,27). The van der Waals surface area contributed by atoms with E-state index in [0.29, 0.717) is 41.2 Å². The molecule has 4 rings (SSSR count). The number of anilines is 1. The number of aromatic nitrogens is 3. The van der Waals surface area contributed by atoms with Crippen LogP contribution in [0.2, 0.25) is 0 Å². The minimum absolute atomic E-state index is 0.0383. The van der Waals surface area contributed by atoms with Crippen LogP contribution in [0.25, 0.3) is 0 Å². The molecule has 0 spiro atoms. The first-order valence-electron chi connectivity index (χ1n) is 9.47. The number of benzene rings is 1. The summed E-state index contributed by atoms with van der Waals surface area (Å²) in [6.07, 6.45) is 1.84. The van der Waals surface area contributed by atoms with Crippen LogP contribution in [0, 0.1) is 6.92 Å². The summed E-state index contributed by atoms with van der Waals surface area (Å²) in [5.41, 5.74) is 1.23. The smallest absolute Gasteiger partial charge is 0.257 e. The first-order chi connectivity index (χ1) is 14.1. The number of rotatable bonds is 5. The predicted molar refractivity (Wildman–Crippen MR) is 108 cm³/mol. The second kappa shape index (κ2) is 8.52. The van der Waals surface area contributed by atoms with Crippen molar-refractivity contribution in [2.75, 3.05) is 18.4 Å². The van der Waals surface area contributed by atoms with E-state index in [1.54, 1.807) is 19.1 Å². The molecule has 1 aromatic carbocycles. The molecule has 1 aliphatic rings. The number of nitrogens with one attached hydrogen (secondary N) is 1. The van der Waals surface area contributed by atoms with Gasteiger partial charge < -0.3 is 9.42 Å². The number of hydrogen-bond donors (Lipinski definition) is 1. The third kappa shape index (κ3) is 4.68. The van der Waals surface area contributed by atoms with Gasteiger partial charge in [-0.3, -0.25) is 14.9 Å². The van der Waals surface area contributed by atoms with Gasteiger partial charge in [-0.1, -0.05) is 23.4 Å². The highest BCUT2D eigenvalue weighted by Crippen LogP contribution is 2.27. The van der Waals surface area contributed by atoms with E-state index in [1.807, 2.05) is 28.5 Å². The highest BCUT2D eigenvalue weighted by Gasteiger charge is 2.27. The molecule has 0 unspecified atom stereocenters. The number of amides is 2. The minimum Gasteiger partial charge on any atom is -0.342 e. The molecular formula is C20H21N5O3S. The molecule has 0 radical (unpaired) electrons. The molecule has 150 valence electrons. The fraction of sp³-hybridized carbons (Fsp3) is 0.350. The lowest BCUT2D eigenvalue weighted by Gasteiger charge is -2.30. The number of piperidine rings is 1. The molecule has 1 saturated heterocycles. The summed E-state index contributed by atoms with van der Waals surface area (Å²) >= 11 is 1.32. The Bertz CT molecular complexity index is 992. The number of nitrogens with zero attached hydrogens (tertiary/aromatic N) is 4. The van der Waals surface area contributed by atoms with Gasteiger partial charge in [0, 0.05) is 30.0 Å². The number of thiazole rings is 1. The number of aryl methyl sites for hydroxylation is 1. The zero-order chi connectivity index (χ0) is 20.2. The van der Waals surface area contributed by atoms with Crippen LogP contribution in [0.15, 0.2) is 40.2 Å². The zero-order valence-corrected chi connectivity index (χ0v) is 16.8. The quantitative estimate of drug-likeness (QED) is 0.692. The maximum atomic E-state index is 12.6. The van der Waals surface area contributed by atoms with E-state index in [-0.39, 0.29) is 24.2 Å². The van der Waals surface area contributed by atoms with Crippen molar-refractivity contribution in [1.29, 1.82) is 0 Å². The van der Waals surface area contributed by atoms with Crippen molar-refractivity contribution in [1.82, 2.24) is 20.0 Å². The Labute approximate surface area is 172 Å². The first-order valence-corrected chi connectivity index (χ1v) is 10.4. The van der Waals surface area contributed by atoms with E-state index in [0.717, 1.165) is 12.8 Å². The Morgan fingerprint density at radius 2 is 1.97 bits per heavy atom. The number of hydrogen-bond acceptors (Lipinski definition) is 7. The fourth-order valence-corrected chi connectivity index (χ4v) is 4.03. The molecule has 0 aliphatic carbocycles. The van der Waals surface area contributed by atoms with Gasteiger partial charge in [-0.15, -0.1) is 11.3 Å². The highest BCUT2D eigenvalue weighted by molar-refractivity contribution is 7.14. The molecule has 0 atom stereocenters. The molecule has 2 amide bonds. The van der Waals surface area contributed by atoms with Crippen LogP contribution in [-0.2, 0) is 11.2 Å². The Balaban J connectivity index is 1.29. The molecule has 3 heterocycles. The van der Waals surface area contributed by atoms with E-state index < -0.39 is 0 Å². The van der Waals surface area contributed by atoms with Gasteiger partial charge in [-0.05, 0) is 31.9 Å². The van der Waals surface area contributed by atoms with Gasteiger partial charge in [-0.25, -0.2) is 4.98 Å². The summed E-state index contributed by atoms with van der Waals surface area (Å²) in [5.74, 6) is 1.33. The largest absolute Gasteiger partial charge is 0.342 e. The van der Waals surface area contributed by atoms with Crippen LogP contribution in [-0.4, -0.2) is 44.9 Å². The van der Waals surface area contributed by atoms with Crippen LogP contribution in [0.1, 0.15) is 46.5 Å². The monoisotopic (exact) mass is 411 g/mol. The maximum absolute atomic E-state index is 12.6. The van der Waals surface area contributed by atoms with Crippen molar-refractivity contribution in [3.63, 3.8) is 0 Å². The molecule has 3 aromatic rings. The first kappa shape index (κ1) is 19.3. The van der Waals surface area contributed by atoms with Crippen molar-refractivity contribution < 1.29 is 14.1 Å². The van der Waals surface area contributed by atoms with Crippen molar-refractivity contribution in [3.8, 4) is 0 Å². The summed E-state index contributed by atoms with van der Waals surface area (Å²) in [6.45, 7) is 3.12. The predicted octanol–water partition coefficient (Wildman–Crippen LogP) is 3.04. The second-order valence-electron chi connectivity index (χ2n) is 6.98. The van der Waals surface area contributed by atoms with Crippen molar-refractivity contribution >= 4 is 28.3 Å². The molecule has 0 saturated carbocycles. The van der Waals surface area contributed by atoms with Gasteiger partial charge >= 0.3 is 0 Å². The Morgan fingerprint density at radius 3 is 2.66 bits per heavy atom. The summed E-state index contributed by atoms with van der Waals surface area (Å²) in [5, 5.41) is 8.92. The summed E-state index contributed by atoms with van der Waals surface area (Å²) in [4.78, 5) is 35.4. The molecule has 2 aromatic heterocycles. The molecule has 9 heteroatoms. The average Bonchev–Trinajstić information content (AvgIpc) is 3.37. The van der Waals surface area contributed by atoms with E-state index in [9.17, 15) is 9.59 Å². The van der Waals surface area contributed by atoms with Gasteiger partial charge in [0.15, 0.2) is 11.0 Å². The maximum Gasteiger partial charge on any atom is 0.257 e. The van der Waals surface area contributed by atoms with Gasteiger partial charge in [0.05, 0.1) is 12.1 Å². The van der Waals surface area contributed by atoms with Gasteiger partial charge in [0.25, 0.3) is 5.91 Å². The zero-order valence-electron chi connectivity index (χ0n) is 16.0. The molecule has 8 nitrogen and oxygen atoms in total. The molecular weight excluding hydrogens is 390 g/mol. The van der Waals surface area contributed by atoms with Crippen LogP contribution in [0.4, 0.5) is 5.13 Å². The normalized spacial score (nSPS) is 14.7. The summed E-state index contributed by atoms with van der Waals surface area (Å²) in [7, 11) is 0. The fourth-order valence-electron chi connectivity index (χ4n) is 3.33. The van der Waals surface area contributed by atoms with Crippen molar-refractivity contribution in [3.05, 3.63) is 58.7 Å². The lowest BCUT2D eigenvalue weighted by molar-refractivity contribution is -0.131. The van der Waals surface area contributed by atoms with Gasteiger partial charge in [-0.2, -0.15) is 4.98 Å². The molecule has 1 N–H and O–H groups in total. The highest BCUT2D eigenvalue weighted by atomic mass is 32.1. The molecule has 1 aliphatic heterocycles. The van der Waals surface area contributed by atoms with E-state index >= 15 is 0 Å². The molecule has 29 heavy (non-hydrogen) atoms. The SMILES string of the molecule is Cc1noc(C2CCN(C(=O)Cc3csc(NC(=O)c4ccccc4)n3)CC2)n1.